The molecule has 4 nitrogen and oxygen atoms in total. The van der Waals surface area contributed by atoms with Crippen LogP contribution >= 0.6 is 0 Å². The van der Waals surface area contributed by atoms with Gasteiger partial charge in [0, 0.05) is 19.4 Å². The van der Waals surface area contributed by atoms with E-state index in [0.29, 0.717) is 11.3 Å². The van der Waals surface area contributed by atoms with E-state index >= 15 is 0 Å². The summed E-state index contributed by atoms with van der Waals surface area (Å²) in [5, 5.41) is 0. The predicted molar refractivity (Wildman–Crippen MR) is 64.6 cm³/mol. The van der Waals surface area contributed by atoms with Crippen LogP contribution in [0.3, 0.4) is 0 Å². The Morgan fingerprint density at radius 2 is 1.65 bits per heavy atom. The Balaban J connectivity index is 0.00000121. The van der Waals surface area contributed by atoms with Crippen LogP contribution in [0.15, 0.2) is 24.3 Å². The molecule has 0 atom stereocenters. The fourth-order valence-corrected chi connectivity index (χ4v) is 1.06. The zero-order chi connectivity index (χ0) is 13.3. The van der Waals surface area contributed by atoms with Crippen molar-refractivity contribution in [3.05, 3.63) is 29.8 Å². The van der Waals surface area contributed by atoms with E-state index in [2.05, 4.69) is 0 Å². The summed E-state index contributed by atoms with van der Waals surface area (Å²) in [5.41, 5.74) is 0.669. The number of rotatable bonds is 3. The molecule has 1 aromatic carbocycles. The number of carbonyl (C=O) groups excluding carboxylic acids is 2. The largest absolute Gasteiger partial charge is 0.461 e. The number of hydrogen-bond acceptors (Lipinski definition) is 4. The van der Waals surface area contributed by atoms with E-state index in [1.807, 2.05) is 13.8 Å². The van der Waals surface area contributed by atoms with Gasteiger partial charge in [0.2, 0.25) is 0 Å². The van der Waals surface area contributed by atoms with Gasteiger partial charge in [-0.1, -0.05) is 32.0 Å². The lowest BCUT2D eigenvalue weighted by Gasteiger charge is -2.08. The number of hydrogen-bond donors (Lipinski definition) is 0. The Morgan fingerprint density at radius 1 is 1.06 bits per heavy atom. The molecule has 0 radical (unpaired) electrons. The molecular formula is C13H18O4. The van der Waals surface area contributed by atoms with Gasteiger partial charge in [0.05, 0.1) is 0 Å². The summed E-state index contributed by atoms with van der Waals surface area (Å²) in [7, 11) is 0. The highest BCUT2D eigenvalue weighted by Gasteiger charge is 2.06. The van der Waals surface area contributed by atoms with Gasteiger partial charge in [-0.05, 0) is 6.07 Å². The topological polar surface area (TPSA) is 52.6 Å². The van der Waals surface area contributed by atoms with E-state index in [9.17, 15) is 9.59 Å². The third-order valence-electron chi connectivity index (χ3n) is 1.66. The first-order valence-corrected chi connectivity index (χ1v) is 5.49. The van der Waals surface area contributed by atoms with Crippen molar-refractivity contribution >= 4 is 11.9 Å². The van der Waals surface area contributed by atoms with Crippen LogP contribution in [0.5, 0.6) is 5.75 Å². The van der Waals surface area contributed by atoms with Crippen LogP contribution in [0.1, 0.15) is 33.3 Å². The Labute approximate surface area is 102 Å². The first-order valence-electron chi connectivity index (χ1n) is 5.49. The molecule has 0 unspecified atom stereocenters. The maximum atomic E-state index is 10.8. The number of ether oxygens (including phenoxy) is 2. The second-order valence-corrected chi connectivity index (χ2v) is 2.98. The van der Waals surface area contributed by atoms with E-state index in [1.54, 1.807) is 24.3 Å². The lowest BCUT2D eigenvalue weighted by molar-refractivity contribution is -0.142. The van der Waals surface area contributed by atoms with Gasteiger partial charge in [0.15, 0.2) is 0 Å². The Morgan fingerprint density at radius 3 is 2.18 bits per heavy atom. The predicted octanol–water partition coefficient (Wildman–Crippen LogP) is 2.70. The number of para-hydroxylation sites is 1. The second-order valence-electron chi connectivity index (χ2n) is 2.98. The fraction of sp³-hybridized carbons (Fsp3) is 0.385. The van der Waals surface area contributed by atoms with Crippen molar-refractivity contribution in [1.82, 2.24) is 0 Å². The van der Waals surface area contributed by atoms with E-state index < -0.39 is 5.97 Å². The van der Waals surface area contributed by atoms with Gasteiger partial charge < -0.3 is 9.47 Å². The van der Waals surface area contributed by atoms with E-state index in [4.69, 9.17) is 9.47 Å². The summed E-state index contributed by atoms with van der Waals surface area (Å²) in [5.74, 6) is -0.343. The third kappa shape index (κ3) is 6.35. The average Bonchev–Trinajstić information content (AvgIpc) is 2.30. The van der Waals surface area contributed by atoms with Gasteiger partial charge >= 0.3 is 11.9 Å². The van der Waals surface area contributed by atoms with E-state index in [0.717, 1.165) is 0 Å². The second kappa shape index (κ2) is 8.33. The molecule has 0 fully saturated rings. The SMILES string of the molecule is CC.CC(=O)OCc1ccccc1OC(C)=O. The van der Waals surface area contributed by atoms with Crippen molar-refractivity contribution in [2.75, 3.05) is 0 Å². The van der Waals surface area contributed by atoms with Gasteiger partial charge in [-0.3, -0.25) is 9.59 Å². The molecule has 0 saturated carbocycles. The highest BCUT2D eigenvalue weighted by Crippen LogP contribution is 2.18. The van der Waals surface area contributed by atoms with Crippen LogP contribution < -0.4 is 4.74 Å². The maximum absolute atomic E-state index is 10.8. The van der Waals surface area contributed by atoms with Crippen molar-refractivity contribution in [1.29, 1.82) is 0 Å². The number of carbonyl (C=O) groups is 2. The molecule has 94 valence electrons. The number of benzene rings is 1. The van der Waals surface area contributed by atoms with Gasteiger partial charge in [-0.25, -0.2) is 0 Å². The Bertz CT molecular complexity index is 371. The zero-order valence-corrected chi connectivity index (χ0v) is 10.6. The van der Waals surface area contributed by atoms with Crippen LogP contribution in [0.2, 0.25) is 0 Å². The molecule has 0 aliphatic carbocycles. The molecule has 4 heteroatoms. The molecule has 1 aromatic rings. The van der Waals surface area contributed by atoms with Crippen LogP contribution in [0.25, 0.3) is 0 Å². The summed E-state index contributed by atoms with van der Waals surface area (Å²) in [6.07, 6.45) is 0. The average molecular weight is 238 g/mol. The smallest absolute Gasteiger partial charge is 0.308 e. The van der Waals surface area contributed by atoms with E-state index in [1.165, 1.54) is 13.8 Å². The maximum Gasteiger partial charge on any atom is 0.308 e. The number of esters is 2. The monoisotopic (exact) mass is 238 g/mol. The third-order valence-corrected chi connectivity index (χ3v) is 1.66. The minimum atomic E-state index is -0.398. The first-order chi connectivity index (χ1) is 8.09. The summed E-state index contributed by atoms with van der Waals surface area (Å²) < 4.78 is 9.77. The molecule has 0 bridgehead atoms. The van der Waals surface area contributed by atoms with Gasteiger partial charge in [-0.15, -0.1) is 0 Å². The molecular weight excluding hydrogens is 220 g/mol. The quantitative estimate of drug-likeness (QED) is 0.600. The molecule has 0 aromatic heterocycles. The first kappa shape index (κ1) is 15.2. The van der Waals surface area contributed by atoms with Crippen molar-refractivity contribution < 1.29 is 19.1 Å². The highest BCUT2D eigenvalue weighted by molar-refractivity contribution is 5.70. The van der Waals surface area contributed by atoms with Crippen molar-refractivity contribution in [3.63, 3.8) is 0 Å². The molecule has 0 aliphatic heterocycles. The minimum absolute atomic E-state index is 0.110. The molecule has 0 aliphatic rings. The van der Waals surface area contributed by atoms with Crippen molar-refractivity contribution in [2.45, 2.75) is 34.3 Å². The molecule has 17 heavy (non-hydrogen) atoms. The Kier molecular flexibility index (Phi) is 7.43. The Hall–Kier alpha value is -1.84. The summed E-state index contributed by atoms with van der Waals surface area (Å²) in [4.78, 5) is 21.4. The molecule has 1 rings (SSSR count). The van der Waals surface area contributed by atoms with Crippen LogP contribution in [-0.4, -0.2) is 11.9 Å². The lowest BCUT2D eigenvalue weighted by Crippen LogP contribution is -2.06. The molecule has 0 heterocycles. The fourth-order valence-electron chi connectivity index (χ4n) is 1.06. The van der Waals surface area contributed by atoms with E-state index in [-0.39, 0.29) is 12.6 Å². The van der Waals surface area contributed by atoms with Crippen LogP contribution in [0.4, 0.5) is 0 Å². The van der Waals surface area contributed by atoms with Crippen molar-refractivity contribution in [3.8, 4) is 5.75 Å². The minimum Gasteiger partial charge on any atom is -0.461 e. The molecule has 0 amide bonds. The molecule has 0 N–H and O–H groups in total. The van der Waals surface area contributed by atoms with Gasteiger partial charge in [-0.2, -0.15) is 0 Å². The highest BCUT2D eigenvalue weighted by atomic mass is 16.5. The zero-order valence-electron chi connectivity index (χ0n) is 10.6. The van der Waals surface area contributed by atoms with Crippen LogP contribution in [0, 0.1) is 0 Å². The summed E-state index contributed by atoms with van der Waals surface area (Å²) in [6, 6.07) is 6.92. The molecule has 0 saturated heterocycles. The van der Waals surface area contributed by atoms with Gasteiger partial charge in [0.25, 0.3) is 0 Å². The van der Waals surface area contributed by atoms with Crippen molar-refractivity contribution in [2.24, 2.45) is 0 Å². The normalized spacial score (nSPS) is 8.71. The summed E-state index contributed by atoms with van der Waals surface area (Å²) >= 11 is 0. The van der Waals surface area contributed by atoms with Gasteiger partial charge in [0.1, 0.15) is 12.4 Å². The standard InChI is InChI=1S/C11H12O4.C2H6/c1-8(12)14-7-10-5-3-4-6-11(10)15-9(2)13;1-2/h3-6H,7H2,1-2H3;1-2H3. The van der Waals surface area contributed by atoms with Crippen LogP contribution in [-0.2, 0) is 20.9 Å². The molecule has 0 spiro atoms. The lowest BCUT2D eigenvalue weighted by atomic mass is 10.2. The summed E-state index contributed by atoms with van der Waals surface area (Å²) in [6.45, 7) is 6.76.